The van der Waals surface area contributed by atoms with Crippen LogP contribution in [0.15, 0.2) is 231 Å². The van der Waals surface area contributed by atoms with Crippen molar-refractivity contribution >= 4 is 93.3 Å². The lowest BCUT2D eigenvalue weighted by Crippen LogP contribution is -2.23. The van der Waals surface area contributed by atoms with Crippen molar-refractivity contribution in [1.82, 2.24) is 18.7 Å². The molecular weight excluding hydrogens is 893 g/mol. The molecule has 0 saturated carbocycles. The third-order valence-electron chi connectivity index (χ3n) is 15.2. The largest absolute Gasteiger partial charge is 0.457 e. The van der Waals surface area contributed by atoms with Crippen LogP contribution in [0, 0.1) is 6.92 Å². The highest BCUT2D eigenvalue weighted by atomic mass is 16.5. The molecule has 0 spiro atoms. The number of hydrogen-bond acceptors (Lipinski definition) is 4. The minimum Gasteiger partial charge on any atom is -0.457 e. The SMILES string of the molecule is Cc1cc(-n2c3ccccc3c3ccc(Oc4cccc(N5CN(C)c6c5ccc5ccccc65)c4)cc32)ncc1-c1c(-n2c3ccccc3c3ccccc32)cccc1-n1c2ccccc2c2ccccc21. The maximum absolute atomic E-state index is 6.80. The summed E-state index contributed by atoms with van der Waals surface area (Å²) in [5.74, 6) is 2.36. The maximum atomic E-state index is 6.80. The standard InChI is InChI=1S/C66H46N6O/c1-42-37-64(72-59-30-14-9-25-52(59)53-35-34-46(39-63(53)72)73-45-19-15-18-44(38-45)69-41-68(2)66-47-20-4-3-17-43(47)33-36-62(66)69)67-40-54(42)65-60(70-55-26-10-5-21-48(55)49-22-6-11-27-56(49)70)31-16-32-61(65)71-57-28-12-7-23-50(57)51-24-8-13-29-58(51)71/h3-40H,41H2,1-2H3. The third kappa shape index (κ3) is 6.22. The molecule has 7 nitrogen and oxygen atoms in total. The van der Waals surface area contributed by atoms with Crippen molar-refractivity contribution in [3.8, 4) is 39.8 Å². The first-order chi connectivity index (χ1) is 36.1. The monoisotopic (exact) mass is 938 g/mol. The highest BCUT2D eigenvalue weighted by Gasteiger charge is 2.28. The number of hydrogen-bond donors (Lipinski definition) is 0. The number of aromatic nitrogens is 4. The van der Waals surface area contributed by atoms with Crippen molar-refractivity contribution < 1.29 is 4.74 Å². The molecule has 0 N–H and O–H groups in total. The van der Waals surface area contributed by atoms with E-state index in [0.717, 1.165) is 102 Å². The summed E-state index contributed by atoms with van der Waals surface area (Å²) in [5, 5.41) is 9.67. The zero-order valence-corrected chi connectivity index (χ0v) is 40.2. The van der Waals surface area contributed by atoms with E-state index >= 15 is 0 Å². The number of pyridine rings is 1. The van der Waals surface area contributed by atoms with E-state index in [1.807, 2.05) is 6.07 Å². The molecule has 73 heavy (non-hydrogen) atoms. The van der Waals surface area contributed by atoms with Crippen LogP contribution >= 0.6 is 0 Å². The van der Waals surface area contributed by atoms with Crippen LogP contribution < -0.4 is 14.5 Å². The molecule has 7 heteroatoms. The maximum Gasteiger partial charge on any atom is 0.137 e. The van der Waals surface area contributed by atoms with E-state index in [9.17, 15) is 0 Å². The lowest BCUT2D eigenvalue weighted by atomic mass is 9.98. The zero-order valence-electron chi connectivity index (χ0n) is 40.2. The number of ether oxygens (including phenoxy) is 1. The Morgan fingerprint density at radius 3 is 1.51 bits per heavy atom. The summed E-state index contributed by atoms with van der Waals surface area (Å²) in [6, 6.07) is 80.6. The predicted molar refractivity (Wildman–Crippen MR) is 303 cm³/mol. The molecule has 1 aliphatic rings. The van der Waals surface area contributed by atoms with Gasteiger partial charge in [0.15, 0.2) is 0 Å². The van der Waals surface area contributed by atoms with Crippen LogP contribution in [0.3, 0.4) is 0 Å². The van der Waals surface area contributed by atoms with E-state index in [4.69, 9.17) is 9.72 Å². The second kappa shape index (κ2) is 16.0. The molecule has 5 heterocycles. The van der Waals surface area contributed by atoms with E-state index < -0.39 is 0 Å². The predicted octanol–water partition coefficient (Wildman–Crippen LogP) is 16.8. The first-order valence-corrected chi connectivity index (χ1v) is 24.9. The van der Waals surface area contributed by atoms with E-state index in [-0.39, 0.29) is 0 Å². The number of fused-ring (bicyclic) bond motifs is 12. The Kier molecular flexibility index (Phi) is 9.02. The first-order valence-electron chi connectivity index (χ1n) is 24.9. The van der Waals surface area contributed by atoms with E-state index in [1.54, 1.807) is 0 Å². The average Bonchev–Trinajstić information content (AvgIpc) is 4.17. The van der Waals surface area contributed by atoms with Crippen molar-refractivity contribution in [2.75, 3.05) is 23.5 Å². The lowest BCUT2D eigenvalue weighted by Gasteiger charge is -2.21. The number of aryl methyl sites for hydroxylation is 1. The third-order valence-corrected chi connectivity index (χ3v) is 15.2. The van der Waals surface area contributed by atoms with Gasteiger partial charge in [0, 0.05) is 79.9 Å². The fourth-order valence-electron chi connectivity index (χ4n) is 12.0. The van der Waals surface area contributed by atoms with E-state index in [2.05, 4.69) is 262 Å². The molecule has 0 saturated heterocycles. The normalized spacial score (nSPS) is 12.7. The Morgan fingerprint density at radius 1 is 0.411 bits per heavy atom. The Labute approximate surface area is 421 Å². The summed E-state index contributed by atoms with van der Waals surface area (Å²) in [7, 11) is 2.17. The molecule has 0 bridgehead atoms. The van der Waals surface area contributed by atoms with Gasteiger partial charge in [0.2, 0.25) is 0 Å². The molecule has 1 aliphatic heterocycles. The van der Waals surface area contributed by atoms with Gasteiger partial charge in [-0.2, -0.15) is 0 Å². The quantitative estimate of drug-likeness (QED) is 0.160. The van der Waals surface area contributed by atoms with Crippen LogP contribution in [0.2, 0.25) is 0 Å². The van der Waals surface area contributed by atoms with Gasteiger partial charge in [0.1, 0.15) is 17.3 Å². The van der Waals surface area contributed by atoms with Crippen molar-refractivity contribution in [3.63, 3.8) is 0 Å². The summed E-state index contributed by atoms with van der Waals surface area (Å²) in [6.07, 6.45) is 2.10. The molecule has 4 aromatic heterocycles. The Bertz CT molecular complexity index is 4340. The average molecular weight is 939 g/mol. The molecule has 0 aliphatic carbocycles. The molecule has 346 valence electrons. The minimum absolute atomic E-state index is 0.747. The van der Waals surface area contributed by atoms with Crippen LogP contribution in [-0.4, -0.2) is 32.4 Å². The highest BCUT2D eigenvalue weighted by Crippen LogP contribution is 2.47. The number of rotatable bonds is 7. The van der Waals surface area contributed by atoms with Gasteiger partial charge in [0.05, 0.1) is 62.5 Å². The van der Waals surface area contributed by atoms with Crippen molar-refractivity contribution in [2.24, 2.45) is 0 Å². The van der Waals surface area contributed by atoms with Gasteiger partial charge >= 0.3 is 0 Å². The van der Waals surface area contributed by atoms with E-state index in [1.165, 1.54) is 43.7 Å². The Balaban J connectivity index is 0.881. The first kappa shape index (κ1) is 41.2. The van der Waals surface area contributed by atoms with Crippen LogP contribution in [-0.2, 0) is 0 Å². The van der Waals surface area contributed by atoms with Crippen molar-refractivity contribution in [2.45, 2.75) is 6.92 Å². The van der Waals surface area contributed by atoms with Crippen LogP contribution in [0.1, 0.15) is 5.56 Å². The summed E-state index contributed by atoms with van der Waals surface area (Å²) in [4.78, 5) is 10.2. The molecule has 0 atom stereocenters. The zero-order chi connectivity index (χ0) is 48.3. The topological polar surface area (TPSA) is 43.4 Å². The van der Waals surface area contributed by atoms with Gasteiger partial charge in [0.25, 0.3) is 0 Å². The molecule has 0 fully saturated rings. The molecule has 15 rings (SSSR count). The number of benzene rings is 10. The van der Waals surface area contributed by atoms with Gasteiger partial charge in [-0.3, -0.25) is 4.57 Å². The number of anilines is 3. The minimum atomic E-state index is 0.747. The molecule has 0 amide bonds. The second-order valence-corrected chi connectivity index (χ2v) is 19.3. The number of nitrogens with zero attached hydrogens (tertiary/aromatic N) is 6. The van der Waals surface area contributed by atoms with Crippen molar-refractivity contribution in [3.05, 3.63) is 236 Å². The van der Waals surface area contributed by atoms with Crippen molar-refractivity contribution in [1.29, 1.82) is 0 Å². The van der Waals surface area contributed by atoms with Gasteiger partial charge < -0.3 is 23.7 Å². The van der Waals surface area contributed by atoms with Crippen LogP contribution in [0.4, 0.5) is 17.1 Å². The molecule has 0 radical (unpaired) electrons. The van der Waals surface area contributed by atoms with Crippen LogP contribution in [0.5, 0.6) is 11.5 Å². The molecule has 10 aromatic carbocycles. The van der Waals surface area contributed by atoms with Crippen LogP contribution in [0.25, 0.3) is 105 Å². The Hall–Kier alpha value is -9.59. The molecular formula is C66H46N6O. The van der Waals surface area contributed by atoms with E-state index in [0.29, 0.717) is 0 Å². The summed E-state index contributed by atoms with van der Waals surface area (Å²) in [6.45, 7) is 2.98. The number of para-hydroxylation sites is 5. The second-order valence-electron chi connectivity index (χ2n) is 19.3. The highest BCUT2D eigenvalue weighted by molar-refractivity contribution is 6.13. The summed E-state index contributed by atoms with van der Waals surface area (Å²) < 4.78 is 14.0. The van der Waals surface area contributed by atoms with Gasteiger partial charge in [-0.15, -0.1) is 0 Å². The van der Waals surface area contributed by atoms with Gasteiger partial charge in [-0.25, -0.2) is 4.98 Å². The summed E-state index contributed by atoms with van der Waals surface area (Å²) in [5.41, 5.74) is 15.7. The van der Waals surface area contributed by atoms with Gasteiger partial charge in [-0.1, -0.05) is 133 Å². The molecule has 14 aromatic rings. The fourth-order valence-corrected chi connectivity index (χ4v) is 12.0. The Morgan fingerprint density at radius 2 is 0.918 bits per heavy atom. The summed E-state index contributed by atoms with van der Waals surface area (Å²) >= 11 is 0. The smallest absolute Gasteiger partial charge is 0.137 e. The molecule has 0 unspecified atom stereocenters. The lowest BCUT2D eigenvalue weighted by molar-refractivity contribution is 0.483. The van der Waals surface area contributed by atoms with Gasteiger partial charge in [-0.05, 0) is 96.7 Å². The fraction of sp³-hybridized carbons (Fsp3) is 0.0455.